The smallest absolute Gasteiger partial charge is 0.137 e. The summed E-state index contributed by atoms with van der Waals surface area (Å²) >= 11 is 6.13. The molecule has 2 aromatic rings. The van der Waals surface area contributed by atoms with E-state index >= 15 is 0 Å². The van der Waals surface area contributed by atoms with Gasteiger partial charge in [0.15, 0.2) is 0 Å². The maximum atomic E-state index is 6.13. The molecular formula is C16H21Cl2NO2. The lowest BCUT2D eigenvalue weighted by molar-refractivity contribution is 0.415. The van der Waals surface area contributed by atoms with Crippen LogP contribution in [0.15, 0.2) is 34.7 Å². The largest absolute Gasteiger partial charge is 0.495 e. The third kappa shape index (κ3) is 4.95. The van der Waals surface area contributed by atoms with Crippen LogP contribution in [0.5, 0.6) is 5.75 Å². The van der Waals surface area contributed by atoms with Crippen molar-refractivity contribution in [1.82, 2.24) is 5.32 Å². The molecule has 0 radical (unpaired) electrons. The minimum atomic E-state index is 0. The highest BCUT2D eigenvalue weighted by molar-refractivity contribution is 6.32. The normalized spacial score (nSPS) is 10.2. The number of unbranched alkanes of at least 4 members (excludes halogenated alkanes) is 1. The van der Waals surface area contributed by atoms with E-state index in [0.29, 0.717) is 10.8 Å². The molecule has 0 saturated heterocycles. The van der Waals surface area contributed by atoms with Crippen molar-refractivity contribution >= 4 is 24.0 Å². The zero-order valence-electron chi connectivity index (χ0n) is 12.3. The van der Waals surface area contributed by atoms with E-state index in [9.17, 15) is 0 Å². The SMILES string of the molecule is CCCCNCc1ccc(-c2ccc(OC)c(Cl)c2)o1.Cl. The Morgan fingerprint density at radius 2 is 2.05 bits per heavy atom. The van der Waals surface area contributed by atoms with Gasteiger partial charge < -0.3 is 14.5 Å². The van der Waals surface area contributed by atoms with Crippen molar-refractivity contribution < 1.29 is 9.15 Å². The number of hydrogen-bond donors (Lipinski definition) is 1. The van der Waals surface area contributed by atoms with Crippen LogP contribution < -0.4 is 10.1 Å². The first-order valence-corrected chi connectivity index (χ1v) is 7.25. The van der Waals surface area contributed by atoms with Crippen molar-refractivity contribution in [1.29, 1.82) is 0 Å². The summed E-state index contributed by atoms with van der Waals surface area (Å²) in [6.07, 6.45) is 2.38. The highest BCUT2D eigenvalue weighted by atomic mass is 35.5. The van der Waals surface area contributed by atoms with Gasteiger partial charge in [-0.1, -0.05) is 24.9 Å². The Morgan fingerprint density at radius 3 is 2.71 bits per heavy atom. The lowest BCUT2D eigenvalue weighted by atomic mass is 10.2. The fraction of sp³-hybridized carbons (Fsp3) is 0.375. The van der Waals surface area contributed by atoms with Gasteiger partial charge in [-0.15, -0.1) is 12.4 Å². The lowest BCUT2D eigenvalue weighted by Crippen LogP contribution is -2.13. The molecule has 0 fully saturated rings. The van der Waals surface area contributed by atoms with Gasteiger partial charge in [-0.25, -0.2) is 0 Å². The van der Waals surface area contributed by atoms with Crippen molar-refractivity contribution in [3.8, 4) is 17.1 Å². The fourth-order valence-corrected chi connectivity index (χ4v) is 2.22. The molecule has 1 N–H and O–H groups in total. The predicted octanol–water partition coefficient (Wildman–Crippen LogP) is 4.92. The molecule has 0 saturated carbocycles. The highest BCUT2D eigenvalue weighted by Crippen LogP contribution is 2.30. The molecule has 0 aliphatic heterocycles. The molecule has 0 spiro atoms. The second-order valence-corrected chi connectivity index (χ2v) is 5.05. The Hall–Kier alpha value is -1.16. The van der Waals surface area contributed by atoms with Crippen LogP contribution in [0.4, 0.5) is 0 Å². The first kappa shape index (κ1) is 17.9. The summed E-state index contributed by atoms with van der Waals surface area (Å²) in [6.45, 7) is 3.95. The highest BCUT2D eigenvalue weighted by Gasteiger charge is 2.07. The molecule has 1 aromatic heterocycles. The summed E-state index contributed by atoms with van der Waals surface area (Å²) in [6, 6.07) is 9.60. The zero-order valence-corrected chi connectivity index (χ0v) is 13.9. The first-order valence-electron chi connectivity index (χ1n) is 6.88. The van der Waals surface area contributed by atoms with Crippen LogP contribution in [0.2, 0.25) is 5.02 Å². The number of nitrogens with one attached hydrogen (secondary N) is 1. The molecule has 0 atom stereocenters. The van der Waals surface area contributed by atoms with Gasteiger partial charge in [0.2, 0.25) is 0 Å². The first-order chi connectivity index (χ1) is 9.74. The Kier molecular flexibility index (Phi) is 7.65. The van der Waals surface area contributed by atoms with Gasteiger partial charge >= 0.3 is 0 Å². The number of benzene rings is 1. The van der Waals surface area contributed by atoms with E-state index in [-0.39, 0.29) is 12.4 Å². The van der Waals surface area contributed by atoms with E-state index in [1.165, 1.54) is 12.8 Å². The van der Waals surface area contributed by atoms with Crippen molar-refractivity contribution in [3.05, 3.63) is 41.1 Å². The van der Waals surface area contributed by atoms with Gasteiger partial charge in [-0.2, -0.15) is 0 Å². The maximum Gasteiger partial charge on any atom is 0.137 e. The van der Waals surface area contributed by atoms with Crippen molar-refractivity contribution in [2.24, 2.45) is 0 Å². The van der Waals surface area contributed by atoms with Crippen LogP contribution in [0.25, 0.3) is 11.3 Å². The third-order valence-corrected chi connectivity index (χ3v) is 3.40. The topological polar surface area (TPSA) is 34.4 Å². The van der Waals surface area contributed by atoms with Crippen LogP contribution in [0.1, 0.15) is 25.5 Å². The quantitative estimate of drug-likeness (QED) is 0.732. The summed E-state index contributed by atoms with van der Waals surface area (Å²) in [7, 11) is 1.61. The van der Waals surface area contributed by atoms with Gasteiger partial charge in [-0.3, -0.25) is 0 Å². The standard InChI is InChI=1S/C16H20ClNO2.ClH/c1-3-4-9-18-11-13-6-8-15(20-13)12-5-7-16(19-2)14(17)10-12;/h5-8,10,18H,3-4,9,11H2,1-2H3;1H. The Balaban J connectivity index is 0.00000220. The van der Waals surface area contributed by atoms with Crippen LogP contribution >= 0.6 is 24.0 Å². The summed E-state index contributed by atoms with van der Waals surface area (Å²) < 4.78 is 11.0. The Labute approximate surface area is 137 Å². The van der Waals surface area contributed by atoms with Gasteiger partial charge in [0.1, 0.15) is 17.3 Å². The van der Waals surface area contributed by atoms with Gasteiger partial charge in [0, 0.05) is 5.56 Å². The van der Waals surface area contributed by atoms with E-state index in [4.69, 9.17) is 20.8 Å². The van der Waals surface area contributed by atoms with Crippen molar-refractivity contribution in [2.45, 2.75) is 26.3 Å². The van der Waals surface area contributed by atoms with E-state index in [2.05, 4.69) is 12.2 Å². The molecule has 1 heterocycles. The van der Waals surface area contributed by atoms with Crippen LogP contribution in [-0.2, 0) is 6.54 Å². The number of furan rings is 1. The second kappa shape index (κ2) is 8.98. The van der Waals surface area contributed by atoms with E-state index in [0.717, 1.165) is 30.2 Å². The minimum Gasteiger partial charge on any atom is -0.495 e. The summed E-state index contributed by atoms with van der Waals surface area (Å²) in [5, 5.41) is 3.94. The van der Waals surface area contributed by atoms with Gasteiger partial charge in [0.05, 0.1) is 18.7 Å². The Morgan fingerprint density at radius 1 is 1.24 bits per heavy atom. The minimum absolute atomic E-state index is 0. The van der Waals surface area contributed by atoms with E-state index in [1.54, 1.807) is 7.11 Å². The van der Waals surface area contributed by atoms with Gasteiger partial charge in [-0.05, 0) is 43.3 Å². The maximum absolute atomic E-state index is 6.13. The molecule has 21 heavy (non-hydrogen) atoms. The number of ether oxygens (including phenoxy) is 1. The number of hydrogen-bond acceptors (Lipinski definition) is 3. The van der Waals surface area contributed by atoms with E-state index in [1.807, 2.05) is 30.3 Å². The number of rotatable bonds is 7. The molecule has 0 amide bonds. The summed E-state index contributed by atoms with van der Waals surface area (Å²) in [5.74, 6) is 2.42. The van der Waals surface area contributed by atoms with Gasteiger partial charge in [0.25, 0.3) is 0 Å². The molecule has 0 bridgehead atoms. The average Bonchev–Trinajstić information content (AvgIpc) is 2.92. The molecule has 5 heteroatoms. The number of methoxy groups -OCH3 is 1. The number of halogens is 2. The third-order valence-electron chi connectivity index (χ3n) is 3.10. The Bertz CT molecular complexity index is 555. The molecule has 0 unspecified atom stereocenters. The van der Waals surface area contributed by atoms with Crippen LogP contribution in [-0.4, -0.2) is 13.7 Å². The molecule has 0 aliphatic rings. The summed E-state index contributed by atoms with van der Waals surface area (Å²) in [4.78, 5) is 0. The zero-order chi connectivity index (χ0) is 14.4. The fourth-order valence-electron chi connectivity index (χ4n) is 1.96. The monoisotopic (exact) mass is 329 g/mol. The molecule has 0 aliphatic carbocycles. The van der Waals surface area contributed by atoms with Crippen LogP contribution in [0, 0.1) is 0 Å². The average molecular weight is 330 g/mol. The van der Waals surface area contributed by atoms with Crippen molar-refractivity contribution in [3.63, 3.8) is 0 Å². The molecular weight excluding hydrogens is 309 g/mol. The molecule has 116 valence electrons. The molecule has 1 aromatic carbocycles. The lowest BCUT2D eigenvalue weighted by Gasteiger charge is -2.04. The second-order valence-electron chi connectivity index (χ2n) is 4.65. The molecule has 3 nitrogen and oxygen atoms in total. The van der Waals surface area contributed by atoms with Crippen LogP contribution in [0.3, 0.4) is 0 Å². The van der Waals surface area contributed by atoms with E-state index < -0.39 is 0 Å². The predicted molar refractivity (Wildman–Crippen MR) is 89.6 cm³/mol. The summed E-state index contributed by atoms with van der Waals surface area (Å²) in [5.41, 5.74) is 0.954. The van der Waals surface area contributed by atoms with Crippen molar-refractivity contribution in [2.75, 3.05) is 13.7 Å². The molecule has 2 rings (SSSR count).